The Labute approximate surface area is 109 Å². The van der Waals surface area contributed by atoms with Crippen molar-refractivity contribution in [2.75, 3.05) is 5.32 Å². The fourth-order valence-electron chi connectivity index (χ4n) is 1.66. The SMILES string of the molecule is Cc1nn(C)c(NCc2cscn2)c1C(N)=S. The number of nitrogens with one attached hydrogen (secondary N) is 1. The van der Waals surface area contributed by atoms with Crippen LogP contribution in [0.4, 0.5) is 5.82 Å². The minimum atomic E-state index is 0.358. The minimum absolute atomic E-state index is 0.358. The number of anilines is 1. The molecule has 0 aliphatic heterocycles. The zero-order chi connectivity index (χ0) is 12.4. The third-order valence-corrected chi connectivity index (χ3v) is 3.23. The lowest BCUT2D eigenvalue weighted by Crippen LogP contribution is -2.14. The van der Waals surface area contributed by atoms with Gasteiger partial charge in [0.2, 0.25) is 0 Å². The highest BCUT2D eigenvalue weighted by molar-refractivity contribution is 7.80. The summed E-state index contributed by atoms with van der Waals surface area (Å²) in [5.74, 6) is 0.836. The van der Waals surface area contributed by atoms with Crippen LogP contribution in [0, 0.1) is 6.92 Å². The number of aromatic nitrogens is 3. The second-order valence-corrected chi connectivity index (χ2v) is 4.79. The summed E-state index contributed by atoms with van der Waals surface area (Å²) in [7, 11) is 1.86. The molecule has 0 aliphatic carbocycles. The van der Waals surface area contributed by atoms with Gasteiger partial charge in [0.25, 0.3) is 0 Å². The number of thiazole rings is 1. The van der Waals surface area contributed by atoms with Crippen molar-refractivity contribution in [3.63, 3.8) is 0 Å². The van der Waals surface area contributed by atoms with Crippen molar-refractivity contribution in [1.29, 1.82) is 0 Å². The maximum absolute atomic E-state index is 5.70. The Bertz CT molecular complexity index is 529. The summed E-state index contributed by atoms with van der Waals surface area (Å²) in [4.78, 5) is 4.56. The van der Waals surface area contributed by atoms with Crippen LogP contribution in [0.5, 0.6) is 0 Å². The summed E-state index contributed by atoms with van der Waals surface area (Å²) >= 11 is 6.61. The third-order valence-electron chi connectivity index (χ3n) is 2.39. The first kappa shape index (κ1) is 12.0. The van der Waals surface area contributed by atoms with Gasteiger partial charge in [0.15, 0.2) is 0 Å². The van der Waals surface area contributed by atoms with E-state index < -0.39 is 0 Å². The van der Waals surface area contributed by atoms with Gasteiger partial charge >= 0.3 is 0 Å². The molecule has 0 aromatic carbocycles. The van der Waals surface area contributed by atoms with Crippen molar-refractivity contribution in [3.8, 4) is 0 Å². The van der Waals surface area contributed by atoms with Crippen molar-refractivity contribution in [1.82, 2.24) is 14.8 Å². The van der Waals surface area contributed by atoms with Gasteiger partial charge in [-0.05, 0) is 6.92 Å². The smallest absolute Gasteiger partial charge is 0.134 e. The molecule has 0 aliphatic rings. The maximum atomic E-state index is 5.70. The van der Waals surface area contributed by atoms with Crippen molar-refractivity contribution in [3.05, 3.63) is 27.8 Å². The van der Waals surface area contributed by atoms with E-state index >= 15 is 0 Å². The monoisotopic (exact) mass is 267 g/mol. The summed E-state index contributed by atoms with van der Waals surface area (Å²) in [6.07, 6.45) is 0. The molecule has 90 valence electrons. The molecule has 0 fully saturated rings. The Morgan fingerprint density at radius 3 is 3.00 bits per heavy atom. The first-order valence-corrected chi connectivity index (χ1v) is 6.39. The van der Waals surface area contributed by atoms with E-state index in [1.54, 1.807) is 21.5 Å². The van der Waals surface area contributed by atoms with Crippen LogP contribution < -0.4 is 11.1 Å². The number of aryl methyl sites for hydroxylation is 2. The van der Waals surface area contributed by atoms with Crippen LogP contribution in [0.3, 0.4) is 0 Å². The lowest BCUT2D eigenvalue weighted by atomic mass is 10.2. The van der Waals surface area contributed by atoms with Crippen LogP contribution in [0.15, 0.2) is 10.9 Å². The fraction of sp³-hybridized carbons (Fsp3) is 0.300. The Balaban J connectivity index is 2.23. The summed E-state index contributed by atoms with van der Waals surface area (Å²) in [5.41, 5.74) is 10.1. The van der Waals surface area contributed by atoms with E-state index in [-0.39, 0.29) is 0 Å². The van der Waals surface area contributed by atoms with Gasteiger partial charge in [0.05, 0.1) is 29.0 Å². The molecule has 0 saturated heterocycles. The largest absolute Gasteiger partial charge is 0.389 e. The molecule has 5 nitrogen and oxygen atoms in total. The van der Waals surface area contributed by atoms with Gasteiger partial charge in [-0.25, -0.2) is 4.98 Å². The van der Waals surface area contributed by atoms with Crippen molar-refractivity contribution < 1.29 is 0 Å². The van der Waals surface area contributed by atoms with Crippen LogP contribution in [0.25, 0.3) is 0 Å². The molecule has 0 amide bonds. The van der Waals surface area contributed by atoms with E-state index in [4.69, 9.17) is 18.0 Å². The second-order valence-electron chi connectivity index (χ2n) is 3.63. The molecule has 0 bridgehead atoms. The van der Waals surface area contributed by atoms with E-state index in [9.17, 15) is 0 Å². The molecule has 0 radical (unpaired) electrons. The second kappa shape index (κ2) is 4.80. The van der Waals surface area contributed by atoms with E-state index in [0.717, 1.165) is 22.8 Å². The number of rotatable bonds is 4. The Kier molecular flexibility index (Phi) is 3.39. The lowest BCUT2D eigenvalue weighted by molar-refractivity contribution is 0.757. The lowest BCUT2D eigenvalue weighted by Gasteiger charge is -2.07. The summed E-state index contributed by atoms with van der Waals surface area (Å²) in [6, 6.07) is 0. The molecular weight excluding hydrogens is 254 g/mol. The molecule has 17 heavy (non-hydrogen) atoms. The minimum Gasteiger partial charge on any atom is -0.389 e. The van der Waals surface area contributed by atoms with Crippen LogP contribution in [-0.2, 0) is 13.6 Å². The number of hydrogen-bond donors (Lipinski definition) is 2. The van der Waals surface area contributed by atoms with Gasteiger partial charge < -0.3 is 11.1 Å². The Hall–Kier alpha value is -1.47. The van der Waals surface area contributed by atoms with E-state index in [1.165, 1.54) is 0 Å². The predicted octanol–water partition coefficient (Wildman–Crippen LogP) is 1.43. The van der Waals surface area contributed by atoms with E-state index in [1.807, 2.05) is 19.4 Å². The number of nitrogens with zero attached hydrogens (tertiary/aromatic N) is 3. The molecule has 0 atom stereocenters. The molecule has 3 N–H and O–H groups in total. The van der Waals surface area contributed by atoms with Gasteiger partial charge in [0.1, 0.15) is 10.8 Å². The molecule has 0 saturated carbocycles. The first-order valence-electron chi connectivity index (χ1n) is 5.04. The van der Waals surface area contributed by atoms with E-state index in [0.29, 0.717) is 11.5 Å². The molecule has 2 rings (SSSR count). The quantitative estimate of drug-likeness (QED) is 0.820. The molecule has 2 aromatic heterocycles. The van der Waals surface area contributed by atoms with Crippen LogP contribution in [0.2, 0.25) is 0 Å². The molecular formula is C10H13N5S2. The average Bonchev–Trinajstić information content (AvgIpc) is 2.83. The van der Waals surface area contributed by atoms with Gasteiger partial charge in [0, 0.05) is 12.4 Å². The maximum Gasteiger partial charge on any atom is 0.134 e. The van der Waals surface area contributed by atoms with E-state index in [2.05, 4.69) is 15.4 Å². The number of thiocarbonyl (C=S) groups is 1. The first-order chi connectivity index (χ1) is 8.09. The molecule has 0 spiro atoms. The number of hydrogen-bond acceptors (Lipinski definition) is 5. The van der Waals surface area contributed by atoms with Gasteiger partial charge in [-0.1, -0.05) is 12.2 Å². The Morgan fingerprint density at radius 1 is 1.65 bits per heavy atom. The summed E-state index contributed by atoms with van der Waals surface area (Å²) in [6.45, 7) is 2.53. The fourth-order valence-corrected chi connectivity index (χ4v) is 2.46. The summed E-state index contributed by atoms with van der Waals surface area (Å²) < 4.78 is 1.75. The van der Waals surface area contributed by atoms with Gasteiger partial charge in [-0.15, -0.1) is 11.3 Å². The van der Waals surface area contributed by atoms with Gasteiger partial charge in [-0.3, -0.25) is 4.68 Å². The highest BCUT2D eigenvalue weighted by atomic mass is 32.1. The normalized spacial score (nSPS) is 10.5. The zero-order valence-corrected chi connectivity index (χ0v) is 11.2. The topological polar surface area (TPSA) is 68.8 Å². The zero-order valence-electron chi connectivity index (χ0n) is 9.60. The molecule has 2 heterocycles. The summed E-state index contributed by atoms with van der Waals surface area (Å²) in [5, 5.41) is 9.56. The van der Waals surface area contributed by atoms with Crippen molar-refractivity contribution in [2.24, 2.45) is 12.8 Å². The van der Waals surface area contributed by atoms with Crippen molar-refractivity contribution >= 4 is 34.4 Å². The third kappa shape index (κ3) is 2.45. The molecule has 2 aromatic rings. The predicted molar refractivity (Wildman–Crippen MR) is 73.3 cm³/mol. The van der Waals surface area contributed by atoms with Crippen LogP contribution in [0.1, 0.15) is 17.0 Å². The van der Waals surface area contributed by atoms with Crippen LogP contribution >= 0.6 is 23.6 Å². The average molecular weight is 267 g/mol. The highest BCUT2D eigenvalue weighted by Crippen LogP contribution is 2.19. The molecule has 7 heteroatoms. The highest BCUT2D eigenvalue weighted by Gasteiger charge is 2.15. The standard InChI is InChI=1S/C10H13N5S2/c1-6-8(9(11)16)10(15(2)14-6)12-3-7-4-17-5-13-7/h4-5,12H,3H2,1-2H3,(H2,11,16). The van der Waals surface area contributed by atoms with Crippen LogP contribution in [-0.4, -0.2) is 19.8 Å². The van der Waals surface area contributed by atoms with Crippen molar-refractivity contribution in [2.45, 2.75) is 13.5 Å². The molecule has 0 unspecified atom stereocenters. The number of nitrogens with two attached hydrogens (primary N) is 1. The Morgan fingerprint density at radius 2 is 2.41 bits per heavy atom. The van der Waals surface area contributed by atoms with Gasteiger partial charge in [-0.2, -0.15) is 5.10 Å².